The minimum absolute atomic E-state index is 0.754. The Bertz CT molecular complexity index is 835. The monoisotopic (exact) mass is 328 g/mol. The van der Waals surface area contributed by atoms with Crippen molar-refractivity contribution in [1.82, 2.24) is 24.1 Å². The molecule has 0 amide bonds. The van der Waals surface area contributed by atoms with Gasteiger partial charge < -0.3 is 14.6 Å². The Balaban J connectivity index is 1.93. The van der Waals surface area contributed by atoms with E-state index in [0.717, 1.165) is 60.4 Å². The highest BCUT2D eigenvalue weighted by Gasteiger charge is 2.15. The first-order valence-corrected chi connectivity index (χ1v) is 8.28. The Morgan fingerprint density at radius 1 is 1.29 bits per heavy atom. The summed E-state index contributed by atoms with van der Waals surface area (Å²) >= 11 is 0. The van der Waals surface area contributed by atoms with E-state index in [-0.39, 0.29) is 0 Å². The smallest absolute Gasteiger partial charge is 0.160 e. The van der Waals surface area contributed by atoms with Gasteiger partial charge in [0, 0.05) is 56.5 Å². The standard InChI is InChI=1S/C17H24N6O/c1-5-24-10-6-7-18-16-12(2)13(3)20-15-11-14(21-23(15)16)17-19-8-9-22(17)4/h8-9,11,18H,5-7,10H2,1-4H3. The van der Waals surface area contributed by atoms with E-state index < -0.39 is 0 Å². The number of rotatable bonds is 7. The second-order valence-corrected chi connectivity index (χ2v) is 5.81. The summed E-state index contributed by atoms with van der Waals surface area (Å²) in [5.74, 6) is 1.81. The van der Waals surface area contributed by atoms with Crippen LogP contribution < -0.4 is 5.32 Å². The van der Waals surface area contributed by atoms with Crippen LogP contribution in [0.15, 0.2) is 18.5 Å². The number of hydrogen-bond acceptors (Lipinski definition) is 5. The van der Waals surface area contributed by atoms with Gasteiger partial charge in [0.15, 0.2) is 11.5 Å². The van der Waals surface area contributed by atoms with Crippen LogP contribution >= 0.6 is 0 Å². The van der Waals surface area contributed by atoms with Crippen LogP contribution in [-0.4, -0.2) is 43.9 Å². The van der Waals surface area contributed by atoms with Crippen LogP contribution in [0.4, 0.5) is 5.82 Å². The van der Waals surface area contributed by atoms with Gasteiger partial charge in [-0.2, -0.15) is 9.61 Å². The van der Waals surface area contributed by atoms with Gasteiger partial charge in [-0.15, -0.1) is 0 Å². The maximum absolute atomic E-state index is 5.39. The third-order valence-corrected chi connectivity index (χ3v) is 4.09. The summed E-state index contributed by atoms with van der Waals surface area (Å²) in [6.07, 6.45) is 4.63. The number of ether oxygens (including phenoxy) is 1. The molecule has 0 saturated heterocycles. The summed E-state index contributed by atoms with van der Waals surface area (Å²) in [6.45, 7) is 8.44. The fourth-order valence-corrected chi connectivity index (χ4v) is 2.66. The first-order valence-electron chi connectivity index (χ1n) is 8.28. The number of nitrogens with zero attached hydrogens (tertiary/aromatic N) is 5. The zero-order valence-corrected chi connectivity index (χ0v) is 14.7. The third kappa shape index (κ3) is 3.12. The van der Waals surface area contributed by atoms with Crippen LogP contribution in [0, 0.1) is 13.8 Å². The molecule has 0 aliphatic heterocycles. The number of fused-ring (bicyclic) bond motifs is 1. The summed E-state index contributed by atoms with van der Waals surface area (Å²) in [5, 5.41) is 8.19. The lowest BCUT2D eigenvalue weighted by atomic mass is 10.2. The number of hydrogen-bond donors (Lipinski definition) is 1. The molecule has 0 radical (unpaired) electrons. The molecule has 0 fully saturated rings. The molecule has 0 saturated carbocycles. The summed E-state index contributed by atoms with van der Waals surface area (Å²) in [4.78, 5) is 9.03. The van der Waals surface area contributed by atoms with Crippen LogP contribution in [0.25, 0.3) is 17.2 Å². The molecule has 0 spiro atoms. The van der Waals surface area contributed by atoms with Crippen molar-refractivity contribution in [3.05, 3.63) is 29.7 Å². The fraction of sp³-hybridized carbons (Fsp3) is 0.471. The van der Waals surface area contributed by atoms with Crippen LogP contribution in [0.3, 0.4) is 0 Å². The van der Waals surface area contributed by atoms with E-state index in [4.69, 9.17) is 9.84 Å². The first-order chi connectivity index (χ1) is 11.6. The lowest BCUT2D eigenvalue weighted by Gasteiger charge is -2.13. The predicted octanol–water partition coefficient (Wildman–Crippen LogP) is 2.59. The number of anilines is 1. The largest absolute Gasteiger partial charge is 0.382 e. The summed E-state index contributed by atoms with van der Waals surface area (Å²) in [6, 6.07) is 1.97. The molecule has 0 aromatic carbocycles. The van der Waals surface area contributed by atoms with Crippen molar-refractivity contribution in [2.45, 2.75) is 27.2 Å². The van der Waals surface area contributed by atoms with Crippen molar-refractivity contribution < 1.29 is 4.74 Å². The van der Waals surface area contributed by atoms with E-state index >= 15 is 0 Å². The zero-order chi connectivity index (χ0) is 17.1. The van der Waals surface area contributed by atoms with Gasteiger partial charge in [-0.25, -0.2) is 9.97 Å². The van der Waals surface area contributed by atoms with E-state index in [0.29, 0.717) is 0 Å². The zero-order valence-electron chi connectivity index (χ0n) is 14.7. The lowest BCUT2D eigenvalue weighted by molar-refractivity contribution is 0.147. The van der Waals surface area contributed by atoms with Gasteiger partial charge in [0.25, 0.3) is 0 Å². The molecule has 3 rings (SSSR count). The Morgan fingerprint density at radius 2 is 2.12 bits per heavy atom. The first kappa shape index (κ1) is 16.4. The Hall–Kier alpha value is -2.41. The maximum atomic E-state index is 5.39. The molecule has 128 valence electrons. The quantitative estimate of drug-likeness (QED) is 0.675. The maximum Gasteiger partial charge on any atom is 0.160 e. The molecular weight excluding hydrogens is 304 g/mol. The molecule has 1 N–H and O–H groups in total. The highest BCUT2D eigenvalue weighted by molar-refractivity contribution is 5.62. The second kappa shape index (κ2) is 7.00. The summed E-state index contributed by atoms with van der Waals surface area (Å²) < 4.78 is 9.22. The molecule has 3 aromatic rings. The van der Waals surface area contributed by atoms with Gasteiger partial charge >= 0.3 is 0 Å². The van der Waals surface area contributed by atoms with Gasteiger partial charge in [-0.05, 0) is 27.2 Å². The highest BCUT2D eigenvalue weighted by atomic mass is 16.5. The summed E-state index contributed by atoms with van der Waals surface area (Å²) in [5.41, 5.74) is 3.75. The Kier molecular flexibility index (Phi) is 4.80. The van der Waals surface area contributed by atoms with Crippen LogP contribution in [0.1, 0.15) is 24.6 Å². The SMILES string of the molecule is CCOCCCNc1c(C)c(C)nc2cc(-c3nccn3C)nn12. The highest BCUT2D eigenvalue weighted by Crippen LogP contribution is 2.23. The van der Waals surface area contributed by atoms with Crippen LogP contribution in [-0.2, 0) is 11.8 Å². The van der Waals surface area contributed by atoms with Crippen LogP contribution in [0.2, 0.25) is 0 Å². The van der Waals surface area contributed by atoms with Gasteiger partial charge in [0.1, 0.15) is 11.5 Å². The molecular formula is C17H24N6O. The van der Waals surface area contributed by atoms with Crippen molar-refractivity contribution in [1.29, 1.82) is 0 Å². The van der Waals surface area contributed by atoms with Crippen LogP contribution in [0.5, 0.6) is 0 Å². The molecule has 0 atom stereocenters. The number of aryl methyl sites for hydroxylation is 2. The molecule has 0 bridgehead atoms. The Labute approximate surface area is 141 Å². The Morgan fingerprint density at radius 3 is 2.83 bits per heavy atom. The topological polar surface area (TPSA) is 69.3 Å². The fourth-order valence-electron chi connectivity index (χ4n) is 2.66. The number of nitrogens with one attached hydrogen (secondary N) is 1. The second-order valence-electron chi connectivity index (χ2n) is 5.81. The van der Waals surface area contributed by atoms with E-state index in [1.54, 1.807) is 6.20 Å². The van der Waals surface area contributed by atoms with Gasteiger partial charge in [0.05, 0.1) is 0 Å². The summed E-state index contributed by atoms with van der Waals surface area (Å²) in [7, 11) is 1.96. The average molecular weight is 328 g/mol. The van der Waals surface area contributed by atoms with E-state index in [9.17, 15) is 0 Å². The minimum atomic E-state index is 0.754. The normalized spacial score (nSPS) is 11.3. The van der Waals surface area contributed by atoms with Gasteiger partial charge in [-0.3, -0.25) is 0 Å². The number of aromatic nitrogens is 5. The molecule has 0 aliphatic carbocycles. The van der Waals surface area contributed by atoms with E-state index in [1.165, 1.54) is 0 Å². The molecule has 0 aliphatic rings. The molecule has 24 heavy (non-hydrogen) atoms. The number of imidazole rings is 1. The van der Waals surface area contributed by atoms with Crippen molar-refractivity contribution in [3.8, 4) is 11.5 Å². The molecule has 7 nitrogen and oxygen atoms in total. The van der Waals surface area contributed by atoms with Gasteiger partial charge in [-0.1, -0.05) is 0 Å². The van der Waals surface area contributed by atoms with Gasteiger partial charge in [0.2, 0.25) is 0 Å². The average Bonchev–Trinajstić information content (AvgIpc) is 3.16. The van der Waals surface area contributed by atoms with E-state index in [1.807, 2.05) is 42.2 Å². The third-order valence-electron chi connectivity index (χ3n) is 4.09. The molecule has 7 heteroatoms. The predicted molar refractivity (Wildman–Crippen MR) is 94.3 cm³/mol. The van der Waals surface area contributed by atoms with Crippen molar-refractivity contribution in [2.75, 3.05) is 25.1 Å². The molecule has 3 aromatic heterocycles. The van der Waals surface area contributed by atoms with Crippen molar-refractivity contribution >= 4 is 11.5 Å². The van der Waals surface area contributed by atoms with E-state index in [2.05, 4.69) is 22.2 Å². The molecule has 3 heterocycles. The van der Waals surface area contributed by atoms with Crippen molar-refractivity contribution in [3.63, 3.8) is 0 Å². The minimum Gasteiger partial charge on any atom is -0.382 e. The lowest BCUT2D eigenvalue weighted by Crippen LogP contribution is -2.12. The van der Waals surface area contributed by atoms with Crippen molar-refractivity contribution in [2.24, 2.45) is 7.05 Å². The molecule has 0 unspecified atom stereocenters.